The molecule has 158 valence electrons. The Bertz CT molecular complexity index is 790. The highest BCUT2D eigenvalue weighted by Gasteiger charge is 2.49. The fourth-order valence-corrected chi connectivity index (χ4v) is 3.28. The molecule has 1 aromatic rings. The molecule has 8 heteroatoms. The van der Waals surface area contributed by atoms with E-state index < -0.39 is 29.9 Å². The van der Waals surface area contributed by atoms with Crippen LogP contribution in [-0.2, 0) is 19.9 Å². The minimum absolute atomic E-state index is 0.110. The van der Waals surface area contributed by atoms with Crippen LogP contribution in [0.5, 0.6) is 0 Å². The zero-order valence-corrected chi connectivity index (χ0v) is 17.7. The summed E-state index contributed by atoms with van der Waals surface area (Å²) in [5.74, 6) is -0.872. The number of amides is 5. The van der Waals surface area contributed by atoms with Crippen molar-refractivity contribution in [2.75, 3.05) is 26.2 Å². The third-order valence-corrected chi connectivity index (χ3v) is 5.17. The molecule has 2 N–H and O–H groups in total. The standard InChI is InChI=1S/C21H30N4O4/c1-6-22-17(26)12-24(7-2)18(27)13-25-19(28)21(5,23-20(25)29)16-10-8-15(9-11-16)14(3)4/h8-11,14H,6-7,12-13H2,1-5H3,(H,22,26)(H,23,29)/t21-/m0/s1. The fraction of sp³-hybridized carbons (Fsp3) is 0.524. The quantitative estimate of drug-likeness (QED) is 0.645. The van der Waals surface area contributed by atoms with Crippen LogP contribution < -0.4 is 10.6 Å². The third kappa shape index (κ3) is 4.75. The van der Waals surface area contributed by atoms with Crippen molar-refractivity contribution in [3.8, 4) is 0 Å². The molecular formula is C21H30N4O4. The lowest BCUT2D eigenvalue weighted by Crippen LogP contribution is -2.47. The SMILES string of the molecule is CCNC(=O)CN(CC)C(=O)CN1C(=O)N[C@@](C)(c2ccc(C(C)C)cc2)C1=O. The molecule has 1 aliphatic rings. The van der Waals surface area contributed by atoms with Gasteiger partial charge in [-0.3, -0.25) is 19.3 Å². The topological polar surface area (TPSA) is 98.8 Å². The second-order valence-electron chi connectivity index (χ2n) is 7.58. The zero-order valence-electron chi connectivity index (χ0n) is 17.7. The number of hydrogen-bond acceptors (Lipinski definition) is 4. The first kappa shape index (κ1) is 22.4. The van der Waals surface area contributed by atoms with Gasteiger partial charge in [-0.25, -0.2) is 4.79 Å². The third-order valence-electron chi connectivity index (χ3n) is 5.17. The summed E-state index contributed by atoms with van der Waals surface area (Å²) in [4.78, 5) is 52.1. The molecule has 1 aromatic carbocycles. The van der Waals surface area contributed by atoms with Crippen LogP contribution in [0.2, 0.25) is 0 Å². The van der Waals surface area contributed by atoms with Crippen LogP contribution in [0.3, 0.4) is 0 Å². The Morgan fingerprint density at radius 3 is 2.31 bits per heavy atom. The number of rotatable bonds is 8. The second kappa shape index (κ2) is 9.07. The number of imide groups is 1. The molecule has 8 nitrogen and oxygen atoms in total. The maximum Gasteiger partial charge on any atom is 0.325 e. The highest BCUT2D eigenvalue weighted by atomic mass is 16.2. The molecule has 0 spiro atoms. The molecule has 1 heterocycles. The van der Waals surface area contributed by atoms with Gasteiger partial charge in [-0.2, -0.15) is 0 Å². The summed E-state index contributed by atoms with van der Waals surface area (Å²) >= 11 is 0. The summed E-state index contributed by atoms with van der Waals surface area (Å²) in [5.41, 5.74) is 0.554. The number of nitrogens with zero attached hydrogens (tertiary/aromatic N) is 2. The molecule has 1 atom stereocenters. The van der Waals surface area contributed by atoms with Crippen LogP contribution in [0.1, 0.15) is 51.7 Å². The minimum Gasteiger partial charge on any atom is -0.355 e. The van der Waals surface area contributed by atoms with Crippen LogP contribution in [0, 0.1) is 0 Å². The number of urea groups is 1. The maximum atomic E-state index is 13.0. The zero-order chi connectivity index (χ0) is 21.8. The van der Waals surface area contributed by atoms with E-state index in [1.54, 1.807) is 20.8 Å². The van der Waals surface area contributed by atoms with E-state index in [2.05, 4.69) is 24.5 Å². The molecule has 1 aliphatic heterocycles. The molecule has 0 aliphatic carbocycles. The lowest BCUT2D eigenvalue weighted by atomic mass is 9.90. The van der Waals surface area contributed by atoms with Crippen molar-refractivity contribution in [3.63, 3.8) is 0 Å². The molecule has 0 unspecified atom stereocenters. The monoisotopic (exact) mass is 402 g/mol. The van der Waals surface area contributed by atoms with E-state index >= 15 is 0 Å². The van der Waals surface area contributed by atoms with Crippen molar-refractivity contribution in [2.24, 2.45) is 0 Å². The van der Waals surface area contributed by atoms with Crippen molar-refractivity contribution in [3.05, 3.63) is 35.4 Å². The summed E-state index contributed by atoms with van der Waals surface area (Å²) < 4.78 is 0. The second-order valence-corrected chi connectivity index (χ2v) is 7.58. The number of carbonyl (C=O) groups is 4. The van der Waals surface area contributed by atoms with E-state index in [4.69, 9.17) is 0 Å². The van der Waals surface area contributed by atoms with Crippen LogP contribution in [-0.4, -0.2) is 59.7 Å². The largest absolute Gasteiger partial charge is 0.355 e. The fourth-order valence-electron chi connectivity index (χ4n) is 3.28. The van der Waals surface area contributed by atoms with E-state index in [0.29, 0.717) is 24.6 Å². The van der Waals surface area contributed by atoms with Gasteiger partial charge in [0.2, 0.25) is 11.8 Å². The minimum atomic E-state index is -1.23. The maximum absolute atomic E-state index is 13.0. The highest BCUT2D eigenvalue weighted by molar-refractivity contribution is 6.09. The van der Waals surface area contributed by atoms with Crippen molar-refractivity contribution in [1.29, 1.82) is 0 Å². The predicted octanol–water partition coefficient (Wildman–Crippen LogP) is 1.56. The van der Waals surface area contributed by atoms with Gasteiger partial charge in [-0.15, -0.1) is 0 Å². The first-order valence-electron chi connectivity index (χ1n) is 9.93. The molecular weight excluding hydrogens is 372 g/mol. The van der Waals surface area contributed by atoms with Crippen LogP contribution in [0.15, 0.2) is 24.3 Å². The van der Waals surface area contributed by atoms with Gasteiger partial charge in [-0.05, 0) is 37.8 Å². The Morgan fingerprint density at radius 1 is 1.17 bits per heavy atom. The Hall–Kier alpha value is -2.90. The molecule has 2 rings (SSSR count). The van der Waals surface area contributed by atoms with Crippen molar-refractivity contribution < 1.29 is 19.2 Å². The molecule has 5 amide bonds. The van der Waals surface area contributed by atoms with Crippen molar-refractivity contribution in [1.82, 2.24) is 20.4 Å². The predicted molar refractivity (Wildman–Crippen MR) is 109 cm³/mol. The van der Waals surface area contributed by atoms with E-state index in [-0.39, 0.29) is 12.5 Å². The average molecular weight is 402 g/mol. The molecule has 29 heavy (non-hydrogen) atoms. The molecule has 0 bridgehead atoms. The highest BCUT2D eigenvalue weighted by Crippen LogP contribution is 2.30. The van der Waals surface area contributed by atoms with Crippen LogP contribution in [0.4, 0.5) is 4.79 Å². The van der Waals surface area contributed by atoms with E-state index in [0.717, 1.165) is 10.5 Å². The Labute approximate surface area is 171 Å². The summed E-state index contributed by atoms with van der Waals surface area (Å²) in [5, 5.41) is 5.34. The summed E-state index contributed by atoms with van der Waals surface area (Å²) in [6.45, 7) is 9.56. The number of benzene rings is 1. The Balaban J connectivity index is 2.15. The van der Waals surface area contributed by atoms with E-state index in [1.165, 1.54) is 4.90 Å². The van der Waals surface area contributed by atoms with Crippen molar-refractivity contribution >= 4 is 23.8 Å². The van der Waals surface area contributed by atoms with Gasteiger partial charge >= 0.3 is 6.03 Å². The van der Waals surface area contributed by atoms with Gasteiger partial charge in [-0.1, -0.05) is 38.1 Å². The Morgan fingerprint density at radius 2 is 1.79 bits per heavy atom. The van der Waals surface area contributed by atoms with Crippen LogP contribution in [0.25, 0.3) is 0 Å². The van der Waals surface area contributed by atoms with E-state index in [1.807, 2.05) is 24.3 Å². The number of carbonyl (C=O) groups excluding carboxylic acids is 4. The van der Waals surface area contributed by atoms with Gasteiger partial charge in [0.15, 0.2) is 0 Å². The summed E-state index contributed by atoms with van der Waals surface area (Å²) in [7, 11) is 0. The number of likely N-dealkylation sites (N-methyl/N-ethyl adjacent to an activating group) is 2. The van der Waals surface area contributed by atoms with Gasteiger partial charge in [0.25, 0.3) is 5.91 Å². The normalized spacial score (nSPS) is 18.8. The lowest BCUT2D eigenvalue weighted by molar-refractivity contribution is -0.140. The Kier molecular flexibility index (Phi) is 7.00. The molecule has 1 saturated heterocycles. The van der Waals surface area contributed by atoms with Crippen LogP contribution >= 0.6 is 0 Å². The average Bonchev–Trinajstić information content (AvgIpc) is 2.90. The lowest BCUT2D eigenvalue weighted by Gasteiger charge is -2.24. The van der Waals surface area contributed by atoms with Gasteiger partial charge in [0.05, 0.1) is 6.54 Å². The smallest absolute Gasteiger partial charge is 0.325 e. The van der Waals surface area contributed by atoms with E-state index in [9.17, 15) is 19.2 Å². The first-order chi connectivity index (χ1) is 13.6. The van der Waals surface area contributed by atoms with Gasteiger partial charge in [0.1, 0.15) is 12.1 Å². The van der Waals surface area contributed by atoms with Gasteiger partial charge < -0.3 is 15.5 Å². The van der Waals surface area contributed by atoms with Gasteiger partial charge in [0, 0.05) is 13.1 Å². The molecule has 0 radical (unpaired) electrons. The molecule has 1 fully saturated rings. The summed E-state index contributed by atoms with van der Waals surface area (Å²) in [6.07, 6.45) is 0. The number of hydrogen-bond donors (Lipinski definition) is 2. The molecule has 0 saturated carbocycles. The summed E-state index contributed by atoms with van der Waals surface area (Å²) in [6, 6.07) is 6.90. The number of nitrogens with one attached hydrogen (secondary N) is 2. The molecule has 0 aromatic heterocycles. The van der Waals surface area contributed by atoms with Crippen molar-refractivity contribution in [2.45, 2.75) is 46.1 Å². The first-order valence-corrected chi connectivity index (χ1v) is 9.93.